The molecule has 0 saturated heterocycles. The van der Waals surface area contributed by atoms with Crippen LogP contribution in [0.3, 0.4) is 0 Å². The number of rotatable bonds is 0. The van der Waals surface area contributed by atoms with Crippen molar-refractivity contribution in [1.82, 2.24) is 0 Å². The number of para-hydroxylation sites is 1. The van der Waals surface area contributed by atoms with Crippen molar-refractivity contribution in [2.45, 2.75) is 16.0 Å². The van der Waals surface area contributed by atoms with Crippen LogP contribution in [0.25, 0.3) is 0 Å². The first-order valence-electron chi connectivity index (χ1n) is 5.99. The largest absolute Gasteiger partial charge is 0.464 e. The lowest BCUT2D eigenvalue weighted by atomic mass is 10.1. The molecule has 0 radical (unpaired) electrons. The van der Waals surface area contributed by atoms with Gasteiger partial charge in [0.25, 0.3) is 0 Å². The van der Waals surface area contributed by atoms with E-state index in [0.29, 0.717) is 10.6 Å². The fraction of sp³-hybridized carbons (Fsp3) is 0.0714. The fourth-order valence-corrected chi connectivity index (χ4v) is 4.10. The summed E-state index contributed by atoms with van der Waals surface area (Å²) in [6, 6.07) is 8.54. The number of carbonyl (C=O) groups is 1. The van der Waals surface area contributed by atoms with Crippen LogP contribution in [0.5, 0.6) is 0 Å². The predicted octanol–water partition coefficient (Wildman–Crippen LogP) is 5.75. The van der Waals surface area contributed by atoms with E-state index in [0.717, 1.165) is 28.8 Å². The van der Waals surface area contributed by atoms with Crippen molar-refractivity contribution in [3.8, 4) is 0 Å². The van der Waals surface area contributed by atoms with Crippen molar-refractivity contribution in [2.75, 3.05) is 4.90 Å². The minimum absolute atomic E-state index is 0.0849. The molecular weight excluding hydrogens is 383 g/mol. The van der Waals surface area contributed by atoms with E-state index in [4.69, 9.17) is 0 Å². The number of halogens is 4. The van der Waals surface area contributed by atoms with Gasteiger partial charge in [0.05, 0.1) is 16.9 Å². The van der Waals surface area contributed by atoms with E-state index < -0.39 is 17.8 Å². The summed E-state index contributed by atoms with van der Waals surface area (Å²) in [7, 11) is 0. The summed E-state index contributed by atoms with van der Waals surface area (Å²) in [6.45, 7) is 0. The SMILES string of the molecule is O=C(O)N1c2ccccc2Sc2cc(C(F)(F)F)cc(Br)c21. The maximum Gasteiger partial charge on any atom is 0.416 e. The van der Waals surface area contributed by atoms with Gasteiger partial charge in [-0.05, 0) is 40.2 Å². The van der Waals surface area contributed by atoms with Crippen LogP contribution in [-0.4, -0.2) is 11.2 Å². The zero-order valence-corrected chi connectivity index (χ0v) is 13.1. The van der Waals surface area contributed by atoms with Crippen molar-refractivity contribution in [3.63, 3.8) is 0 Å². The number of benzene rings is 2. The maximum absolute atomic E-state index is 12.9. The van der Waals surface area contributed by atoms with Gasteiger partial charge in [0.2, 0.25) is 0 Å². The molecule has 1 heterocycles. The first-order valence-corrected chi connectivity index (χ1v) is 7.60. The first kappa shape index (κ1) is 15.2. The number of hydrogen-bond acceptors (Lipinski definition) is 2. The van der Waals surface area contributed by atoms with Gasteiger partial charge in [0.1, 0.15) is 0 Å². The fourth-order valence-electron chi connectivity index (χ4n) is 2.20. The number of fused-ring (bicyclic) bond motifs is 2. The summed E-state index contributed by atoms with van der Waals surface area (Å²) >= 11 is 4.18. The van der Waals surface area contributed by atoms with Gasteiger partial charge in [0.15, 0.2) is 0 Å². The van der Waals surface area contributed by atoms with E-state index in [-0.39, 0.29) is 15.1 Å². The Morgan fingerprint density at radius 1 is 1.18 bits per heavy atom. The van der Waals surface area contributed by atoms with Crippen LogP contribution in [0, 0.1) is 0 Å². The summed E-state index contributed by atoms with van der Waals surface area (Å²) in [4.78, 5) is 13.4. The van der Waals surface area contributed by atoms with Gasteiger partial charge in [-0.1, -0.05) is 23.9 Å². The highest BCUT2D eigenvalue weighted by Crippen LogP contribution is 2.52. The molecule has 1 amide bonds. The molecular formula is C14H7BrF3NO2S. The molecule has 0 aliphatic carbocycles. The third-order valence-corrected chi connectivity index (χ3v) is 4.80. The normalized spacial score (nSPS) is 13.5. The molecule has 1 aliphatic rings. The van der Waals surface area contributed by atoms with Gasteiger partial charge < -0.3 is 5.11 Å². The minimum Gasteiger partial charge on any atom is -0.464 e. The average molecular weight is 390 g/mol. The Morgan fingerprint density at radius 2 is 1.86 bits per heavy atom. The van der Waals surface area contributed by atoms with Crippen LogP contribution in [-0.2, 0) is 6.18 Å². The molecule has 0 saturated carbocycles. The number of carboxylic acid groups (broad SMARTS) is 1. The van der Waals surface area contributed by atoms with E-state index in [1.807, 2.05) is 0 Å². The Hall–Kier alpha value is -1.67. The third-order valence-electron chi connectivity index (χ3n) is 3.10. The number of nitrogens with zero attached hydrogens (tertiary/aromatic N) is 1. The number of amides is 1. The lowest BCUT2D eigenvalue weighted by Gasteiger charge is -2.30. The number of alkyl halides is 3. The van der Waals surface area contributed by atoms with Gasteiger partial charge in [-0.25, -0.2) is 9.69 Å². The maximum atomic E-state index is 12.9. The molecule has 3 rings (SSSR count). The molecule has 0 spiro atoms. The molecule has 3 nitrogen and oxygen atoms in total. The third kappa shape index (κ3) is 2.46. The smallest absolute Gasteiger partial charge is 0.416 e. The molecule has 0 bridgehead atoms. The lowest BCUT2D eigenvalue weighted by Crippen LogP contribution is -2.27. The highest BCUT2D eigenvalue weighted by atomic mass is 79.9. The van der Waals surface area contributed by atoms with Crippen LogP contribution < -0.4 is 4.90 Å². The van der Waals surface area contributed by atoms with Crippen molar-refractivity contribution < 1.29 is 23.1 Å². The van der Waals surface area contributed by atoms with E-state index in [2.05, 4.69) is 15.9 Å². The first-order chi connectivity index (χ1) is 10.3. The summed E-state index contributed by atoms with van der Waals surface area (Å²) < 4.78 is 38.9. The Labute approximate surface area is 135 Å². The Morgan fingerprint density at radius 3 is 2.50 bits per heavy atom. The minimum atomic E-state index is -4.50. The molecule has 2 aromatic carbocycles. The van der Waals surface area contributed by atoms with Crippen LogP contribution in [0.15, 0.2) is 50.7 Å². The summed E-state index contributed by atoms with van der Waals surface area (Å²) in [5.74, 6) is 0. The molecule has 0 aromatic heterocycles. The summed E-state index contributed by atoms with van der Waals surface area (Å²) in [6.07, 6.45) is -5.75. The Bertz CT molecular complexity index is 779. The lowest BCUT2D eigenvalue weighted by molar-refractivity contribution is -0.137. The van der Waals surface area contributed by atoms with Crippen molar-refractivity contribution in [3.05, 3.63) is 46.4 Å². The summed E-state index contributed by atoms with van der Waals surface area (Å²) in [5, 5.41) is 9.46. The molecule has 0 fully saturated rings. The van der Waals surface area contributed by atoms with Crippen LogP contribution in [0.1, 0.15) is 5.56 Å². The van der Waals surface area contributed by atoms with E-state index in [1.165, 1.54) is 0 Å². The molecule has 22 heavy (non-hydrogen) atoms. The molecule has 1 N–H and O–H groups in total. The van der Waals surface area contributed by atoms with Crippen LogP contribution in [0.2, 0.25) is 0 Å². The topological polar surface area (TPSA) is 40.5 Å². The zero-order chi connectivity index (χ0) is 16.1. The van der Waals surface area contributed by atoms with Gasteiger partial charge in [-0.2, -0.15) is 13.2 Å². The predicted molar refractivity (Wildman–Crippen MR) is 79.9 cm³/mol. The molecule has 0 atom stereocenters. The van der Waals surface area contributed by atoms with Gasteiger partial charge >= 0.3 is 12.3 Å². The van der Waals surface area contributed by atoms with Gasteiger partial charge in [-0.3, -0.25) is 0 Å². The molecule has 114 valence electrons. The van der Waals surface area contributed by atoms with Crippen molar-refractivity contribution in [2.24, 2.45) is 0 Å². The number of anilines is 2. The number of hydrogen-bond donors (Lipinski definition) is 1. The molecule has 0 unspecified atom stereocenters. The summed E-state index contributed by atoms with van der Waals surface area (Å²) in [5.41, 5.74) is -0.201. The van der Waals surface area contributed by atoms with E-state index in [1.54, 1.807) is 24.3 Å². The highest BCUT2D eigenvalue weighted by Gasteiger charge is 2.36. The molecule has 8 heteroatoms. The standard InChI is InChI=1S/C14H7BrF3NO2S/c15-8-5-7(14(16,17)18)6-11-12(8)19(13(20)21)9-3-1-2-4-10(9)22-11/h1-6H,(H,20,21). The monoisotopic (exact) mass is 389 g/mol. The second kappa shape index (κ2) is 5.20. The van der Waals surface area contributed by atoms with Gasteiger partial charge in [-0.15, -0.1) is 0 Å². The average Bonchev–Trinajstić information content (AvgIpc) is 2.43. The molecule has 2 aromatic rings. The second-order valence-electron chi connectivity index (χ2n) is 4.49. The Balaban J connectivity index is 2.25. The van der Waals surface area contributed by atoms with Crippen molar-refractivity contribution >= 4 is 45.2 Å². The van der Waals surface area contributed by atoms with Gasteiger partial charge in [0, 0.05) is 14.3 Å². The van der Waals surface area contributed by atoms with Crippen LogP contribution in [0.4, 0.5) is 29.3 Å². The quantitative estimate of drug-likeness (QED) is 0.623. The van der Waals surface area contributed by atoms with E-state index in [9.17, 15) is 23.1 Å². The Kier molecular flexibility index (Phi) is 3.60. The molecule has 1 aliphatic heterocycles. The van der Waals surface area contributed by atoms with E-state index >= 15 is 0 Å². The highest BCUT2D eigenvalue weighted by molar-refractivity contribution is 9.10. The second-order valence-corrected chi connectivity index (χ2v) is 6.43. The van der Waals surface area contributed by atoms with Crippen molar-refractivity contribution in [1.29, 1.82) is 0 Å². The zero-order valence-electron chi connectivity index (χ0n) is 10.7. The van der Waals surface area contributed by atoms with Crippen LogP contribution >= 0.6 is 27.7 Å².